The van der Waals surface area contributed by atoms with Crippen LogP contribution in [0.1, 0.15) is 33.7 Å². The molecule has 0 aliphatic carbocycles. The number of aryl methyl sites for hydroxylation is 2. The minimum absolute atomic E-state index is 0.0685. The quantitative estimate of drug-likeness (QED) is 0.554. The topological polar surface area (TPSA) is 81.9 Å². The lowest BCUT2D eigenvalue weighted by Gasteiger charge is -2.08. The zero-order valence-electron chi connectivity index (χ0n) is 15.2. The van der Waals surface area contributed by atoms with E-state index in [2.05, 4.69) is 10.2 Å². The van der Waals surface area contributed by atoms with Crippen LogP contribution in [-0.2, 0) is 23.3 Å². The van der Waals surface area contributed by atoms with Gasteiger partial charge in [-0.25, -0.2) is 8.42 Å². The van der Waals surface area contributed by atoms with Crippen molar-refractivity contribution in [2.45, 2.75) is 31.8 Å². The van der Waals surface area contributed by atoms with Crippen LogP contribution in [0.25, 0.3) is 0 Å². The maximum absolute atomic E-state index is 12.5. The van der Waals surface area contributed by atoms with Crippen molar-refractivity contribution in [1.82, 2.24) is 14.8 Å². The van der Waals surface area contributed by atoms with Crippen molar-refractivity contribution in [3.63, 3.8) is 0 Å². The van der Waals surface area contributed by atoms with E-state index >= 15 is 0 Å². The van der Waals surface area contributed by atoms with Crippen LogP contribution in [0.2, 0.25) is 0 Å². The van der Waals surface area contributed by atoms with Crippen LogP contribution < -0.4 is 0 Å². The van der Waals surface area contributed by atoms with Crippen molar-refractivity contribution in [2.75, 3.05) is 17.3 Å². The molecule has 0 bridgehead atoms. The Bertz CT molecular complexity index is 935. The van der Waals surface area contributed by atoms with E-state index < -0.39 is 9.84 Å². The van der Waals surface area contributed by atoms with Gasteiger partial charge in [-0.15, -0.1) is 10.2 Å². The smallest absolute Gasteiger partial charge is 0.191 e. The van der Waals surface area contributed by atoms with E-state index in [-0.39, 0.29) is 23.2 Å². The molecule has 1 aliphatic heterocycles. The third-order valence-corrected chi connectivity index (χ3v) is 7.59. The minimum atomic E-state index is -2.89. The molecule has 1 aromatic heterocycles. The van der Waals surface area contributed by atoms with Crippen molar-refractivity contribution < 1.29 is 13.2 Å². The van der Waals surface area contributed by atoms with Gasteiger partial charge in [0.25, 0.3) is 0 Å². The van der Waals surface area contributed by atoms with Gasteiger partial charge >= 0.3 is 0 Å². The Morgan fingerprint density at radius 2 is 2.08 bits per heavy atom. The molecular weight excluding hydrogens is 370 g/mol. The fraction of sp³-hybridized carbons (Fsp3) is 0.500. The monoisotopic (exact) mass is 393 g/mol. The summed E-state index contributed by atoms with van der Waals surface area (Å²) in [6, 6.07) is 5.82. The lowest BCUT2D eigenvalue weighted by molar-refractivity contribution is 0.102. The lowest BCUT2D eigenvalue weighted by Crippen LogP contribution is -2.11. The standard InChI is InChI=1S/C18H23N3O3S2/c1-12-4-5-15(13(2)8-12)16(22)10-25-18-20-19-17(21(18)3)9-14-6-7-26(23,24)11-14/h4-5,8,14H,6-7,9-11H2,1-3H3. The summed E-state index contributed by atoms with van der Waals surface area (Å²) in [5.74, 6) is 1.74. The molecule has 2 heterocycles. The SMILES string of the molecule is Cc1ccc(C(=O)CSc2nnc(CC3CCS(=O)(=O)C3)n2C)c(C)c1. The van der Waals surface area contributed by atoms with Gasteiger partial charge in [0, 0.05) is 19.0 Å². The first kappa shape index (κ1) is 19.1. The highest BCUT2D eigenvalue weighted by atomic mass is 32.2. The zero-order chi connectivity index (χ0) is 18.9. The Morgan fingerprint density at radius 3 is 2.73 bits per heavy atom. The number of rotatable bonds is 6. The number of carbonyl (C=O) groups excluding carboxylic acids is 1. The number of carbonyl (C=O) groups is 1. The average molecular weight is 394 g/mol. The minimum Gasteiger partial charge on any atom is -0.309 e. The predicted octanol–water partition coefficient (Wildman–Crippen LogP) is 2.38. The van der Waals surface area contributed by atoms with E-state index in [4.69, 9.17) is 0 Å². The van der Waals surface area contributed by atoms with Crippen LogP contribution in [0.4, 0.5) is 0 Å². The number of hydrogen-bond donors (Lipinski definition) is 0. The maximum Gasteiger partial charge on any atom is 0.191 e. The van der Waals surface area contributed by atoms with Crippen LogP contribution in [0.5, 0.6) is 0 Å². The fourth-order valence-corrected chi connectivity index (χ4v) is 5.95. The molecule has 26 heavy (non-hydrogen) atoms. The summed E-state index contributed by atoms with van der Waals surface area (Å²) in [5, 5.41) is 9.04. The first-order chi connectivity index (χ1) is 12.2. The van der Waals surface area contributed by atoms with Gasteiger partial charge in [-0.05, 0) is 31.7 Å². The largest absolute Gasteiger partial charge is 0.309 e. The molecule has 8 heteroatoms. The number of nitrogens with zero attached hydrogens (tertiary/aromatic N) is 3. The van der Waals surface area contributed by atoms with E-state index in [0.29, 0.717) is 23.8 Å². The average Bonchev–Trinajstić information content (AvgIpc) is 3.08. The summed E-state index contributed by atoms with van der Waals surface area (Å²) in [6.07, 6.45) is 1.29. The summed E-state index contributed by atoms with van der Waals surface area (Å²) in [4.78, 5) is 12.5. The van der Waals surface area contributed by atoms with Gasteiger partial charge in [-0.1, -0.05) is 35.5 Å². The number of sulfone groups is 1. The maximum atomic E-state index is 12.5. The van der Waals surface area contributed by atoms with Crippen LogP contribution >= 0.6 is 11.8 Å². The summed E-state index contributed by atoms with van der Waals surface area (Å²) in [5.41, 5.74) is 2.86. The second-order valence-electron chi connectivity index (χ2n) is 6.96. The van der Waals surface area contributed by atoms with Gasteiger partial charge in [0.05, 0.1) is 17.3 Å². The second-order valence-corrected chi connectivity index (χ2v) is 10.1. The summed E-state index contributed by atoms with van der Waals surface area (Å²) in [7, 11) is -1.02. The number of benzene rings is 1. The van der Waals surface area contributed by atoms with Crippen LogP contribution in [0.15, 0.2) is 23.4 Å². The zero-order valence-corrected chi connectivity index (χ0v) is 16.9. The molecule has 3 rings (SSSR count). The molecule has 1 fully saturated rings. The lowest BCUT2D eigenvalue weighted by atomic mass is 10.0. The molecule has 140 valence electrons. The fourth-order valence-electron chi connectivity index (χ4n) is 3.27. The second kappa shape index (κ2) is 7.52. The molecule has 1 aliphatic rings. The highest BCUT2D eigenvalue weighted by Crippen LogP contribution is 2.24. The third kappa shape index (κ3) is 4.35. The normalized spacial score (nSPS) is 19.0. The number of ketones is 1. The molecule has 0 spiro atoms. The molecule has 2 aromatic rings. The van der Waals surface area contributed by atoms with Gasteiger partial charge in [-0.2, -0.15) is 0 Å². The van der Waals surface area contributed by atoms with Crippen molar-refractivity contribution in [1.29, 1.82) is 0 Å². The molecular formula is C18H23N3O3S2. The molecule has 1 atom stereocenters. The molecule has 1 saturated heterocycles. The van der Waals surface area contributed by atoms with Crippen LogP contribution in [0.3, 0.4) is 0 Å². The number of aromatic nitrogens is 3. The van der Waals surface area contributed by atoms with Crippen molar-refractivity contribution in [3.05, 3.63) is 40.7 Å². The summed E-state index contributed by atoms with van der Waals surface area (Å²) < 4.78 is 25.1. The highest BCUT2D eigenvalue weighted by Gasteiger charge is 2.29. The predicted molar refractivity (Wildman–Crippen MR) is 102 cm³/mol. The van der Waals surface area contributed by atoms with E-state index in [0.717, 1.165) is 22.5 Å². The summed E-state index contributed by atoms with van der Waals surface area (Å²) in [6.45, 7) is 3.95. The van der Waals surface area contributed by atoms with Gasteiger partial charge in [0.15, 0.2) is 20.8 Å². The Kier molecular flexibility index (Phi) is 5.53. The third-order valence-electron chi connectivity index (χ3n) is 4.74. The molecule has 1 aromatic carbocycles. The molecule has 0 radical (unpaired) electrons. The molecule has 1 unspecified atom stereocenters. The molecule has 0 N–H and O–H groups in total. The first-order valence-corrected chi connectivity index (χ1v) is 11.4. The number of Topliss-reactive ketones (excluding diaryl/α,β-unsaturated/α-hetero) is 1. The number of thioether (sulfide) groups is 1. The number of hydrogen-bond acceptors (Lipinski definition) is 6. The van der Waals surface area contributed by atoms with E-state index in [9.17, 15) is 13.2 Å². The van der Waals surface area contributed by atoms with Crippen molar-refractivity contribution in [2.24, 2.45) is 13.0 Å². The Balaban J connectivity index is 1.62. The molecule has 6 nitrogen and oxygen atoms in total. The van der Waals surface area contributed by atoms with Crippen molar-refractivity contribution in [3.8, 4) is 0 Å². The Labute approximate surface area is 158 Å². The van der Waals surface area contributed by atoms with Crippen molar-refractivity contribution >= 4 is 27.4 Å². The Hall–Kier alpha value is -1.67. The van der Waals surface area contributed by atoms with Gasteiger partial charge in [-0.3, -0.25) is 4.79 Å². The molecule has 0 amide bonds. The van der Waals surface area contributed by atoms with Crippen LogP contribution in [0, 0.1) is 19.8 Å². The summed E-state index contributed by atoms with van der Waals surface area (Å²) >= 11 is 1.36. The Morgan fingerprint density at radius 1 is 1.31 bits per heavy atom. The van der Waals surface area contributed by atoms with E-state index in [1.165, 1.54) is 11.8 Å². The first-order valence-electron chi connectivity index (χ1n) is 8.57. The molecule has 0 saturated carbocycles. The van der Waals surface area contributed by atoms with Gasteiger partial charge in [0.2, 0.25) is 0 Å². The highest BCUT2D eigenvalue weighted by molar-refractivity contribution is 7.99. The van der Waals surface area contributed by atoms with Crippen LogP contribution in [-0.4, -0.2) is 46.2 Å². The van der Waals surface area contributed by atoms with Gasteiger partial charge < -0.3 is 4.57 Å². The van der Waals surface area contributed by atoms with E-state index in [1.807, 2.05) is 43.7 Å². The van der Waals surface area contributed by atoms with E-state index in [1.54, 1.807) is 0 Å². The van der Waals surface area contributed by atoms with Gasteiger partial charge in [0.1, 0.15) is 5.82 Å².